The summed E-state index contributed by atoms with van der Waals surface area (Å²) in [5.74, 6) is 0.745. The number of hydrogen-bond donors (Lipinski definition) is 0. The number of ether oxygens (including phenoxy) is 3. The lowest BCUT2D eigenvalue weighted by Crippen LogP contribution is -2.13. The van der Waals surface area contributed by atoms with Crippen molar-refractivity contribution in [2.24, 2.45) is 5.92 Å². The highest BCUT2D eigenvalue weighted by Gasteiger charge is 2.24. The van der Waals surface area contributed by atoms with Gasteiger partial charge in [0.25, 0.3) is 5.95 Å². The van der Waals surface area contributed by atoms with E-state index in [1.807, 2.05) is 30.3 Å². The van der Waals surface area contributed by atoms with Crippen LogP contribution in [0.25, 0.3) is 5.76 Å². The van der Waals surface area contributed by atoms with Gasteiger partial charge in [0.15, 0.2) is 18.1 Å². The number of benzene rings is 1. The molecule has 100 valence electrons. The summed E-state index contributed by atoms with van der Waals surface area (Å²) in [5.41, 5.74) is 0.858. The molecule has 0 radical (unpaired) electrons. The second kappa shape index (κ2) is 5.61. The molecule has 19 heavy (non-hydrogen) atoms. The monoisotopic (exact) mass is 260 g/mol. The summed E-state index contributed by atoms with van der Waals surface area (Å²) in [7, 11) is 0. The first-order valence-corrected chi connectivity index (χ1v) is 6.07. The maximum Gasteiger partial charge on any atom is 0.308 e. The molecule has 1 aliphatic rings. The molecule has 0 bridgehead atoms. The third-order valence-electron chi connectivity index (χ3n) is 2.56. The smallest absolute Gasteiger partial charge is 0.308 e. The summed E-state index contributed by atoms with van der Waals surface area (Å²) in [6, 6.07) is 9.48. The van der Waals surface area contributed by atoms with E-state index in [2.05, 4.69) is 6.58 Å². The molecule has 0 unspecified atom stereocenters. The molecule has 0 aliphatic carbocycles. The Balaban J connectivity index is 2.15. The quantitative estimate of drug-likeness (QED) is 0.780. The lowest BCUT2D eigenvalue weighted by atomic mass is 10.2. The van der Waals surface area contributed by atoms with Gasteiger partial charge in [0.05, 0.1) is 5.92 Å². The SMILES string of the molecule is C=C1OC(COC(=O)C(C)C)=C(c2ccccc2)O1. The van der Waals surface area contributed by atoms with Crippen molar-refractivity contribution in [3.8, 4) is 0 Å². The van der Waals surface area contributed by atoms with Crippen molar-refractivity contribution in [1.29, 1.82) is 0 Å². The van der Waals surface area contributed by atoms with Crippen molar-refractivity contribution in [3.05, 3.63) is 54.2 Å². The van der Waals surface area contributed by atoms with Gasteiger partial charge in [-0.05, 0) is 6.58 Å². The third-order valence-corrected chi connectivity index (χ3v) is 2.56. The molecule has 2 rings (SSSR count). The molecular formula is C15H16O4. The fourth-order valence-electron chi connectivity index (χ4n) is 1.58. The van der Waals surface area contributed by atoms with Crippen molar-refractivity contribution in [1.82, 2.24) is 0 Å². The molecule has 0 amide bonds. The van der Waals surface area contributed by atoms with E-state index in [0.717, 1.165) is 5.56 Å². The molecule has 1 aromatic carbocycles. The minimum atomic E-state index is -0.277. The highest BCUT2D eigenvalue weighted by molar-refractivity contribution is 5.72. The van der Waals surface area contributed by atoms with E-state index < -0.39 is 0 Å². The molecule has 4 nitrogen and oxygen atoms in total. The van der Waals surface area contributed by atoms with Crippen molar-refractivity contribution in [3.63, 3.8) is 0 Å². The minimum Gasteiger partial charge on any atom is -0.457 e. The van der Waals surface area contributed by atoms with Crippen LogP contribution in [-0.4, -0.2) is 12.6 Å². The first kappa shape index (κ1) is 13.2. The van der Waals surface area contributed by atoms with E-state index in [4.69, 9.17) is 14.2 Å². The average molecular weight is 260 g/mol. The van der Waals surface area contributed by atoms with Crippen molar-refractivity contribution in [2.45, 2.75) is 13.8 Å². The van der Waals surface area contributed by atoms with Crippen LogP contribution in [0.4, 0.5) is 0 Å². The maximum atomic E-state index is 11.5. The molecule has 0 atom stereocenters. The van der Waals surface area contributed by atoms with E-state index in [1.54, 1.807) is 13.8 Å². The van der Waals surface area contributed by atoms with Crippen LogP contribution in [-0.2, 0) is 19.0 Å². The summed E-state index contributed by atoms with van der Waals surface area (Å²) in [6.45, 7) is 7.21. The number of carbonyl (C=O) groups excluding carboxylic acids is 1. The van der Waals surface area contributed by atoms with Gasteiger partial charge in [0.1, 0.15) is 0 Å². The zero-order valence-corrected chi connectivity index (χ0v) is 11.0. The Morgan fingerprint density at radius 3 is 2.58 bits per heavy atom. The van der Waals surface area contributed by atoms with Crippen LogP contribution >= 0.6 is 0 Å². The fourth-order valence-corrected chi connectivity index (χ4v) is 1.58. The van der Waals surface area contributed by atoms with E-state index in [0.29, 0.717) is 11.5 Å². The van der Waals surface area contributed by atoms with E-state index in [1.165, 1.54) is 0 Å². The fraction of sp³-hybridized carbons (Fsp3) is 0.267. The molecular weight excluding hydrogens is 244 g/mol. The first-order valence-electron chi connectivity index (χ1n) is 6.07. The summed E-state index contributed by atoms with van der Waals surface area (Å²) >= 11 is 0. The van der Waals surface area contributed by atoms with Gasteiger partial charge >= 0.3 is 5.97 Å². The Kier molecular flexibility index (Phi) is 3.90. The van der Waals surface area contributed by atoms with Crippen LogP contribution in [0.5, 0.6) is 0 Å². The number of rotatable bonds is 4. The summed E-state index contributed by atoms with van der Waals surface area (Å²) in [4.78, 5) is 11.5. The Labute approximate surface area is 112 Å². The Bertz CT molecular complexity index is 514. The topological polar surface area (TPSA) is 44.8 Å². The predicted molar refractivity (Wildman–Crippen MR) is 70.5 cm³/mol. The number of hydrogen-bond acceptors (Lipinski definition) is 4. The van der Waals surface area contributed by atoms with Crippen molar-refractivity contribution in [2.75, 3.05) is 6.61 Å². The van der Waals surface area contributed by atoms with Gasteiger partial charge in [0.2, 0.25) is 0 Å². The molecule has 0 fully saturated rings. The van der Waals surface area contributed by atoms with Crippen LogP contribution in [0.2, 0.25) is 0 Å². The Hall–Kier alpha value is -2.23. The molecule has 1 aliphatic heterocycles. The predicted octanol–water partition coefficient (Wildman–Crippen LogP) is 3.07. The minimum absolute atomic E-state index is 0.0419. The number of carbonyl (C=O) groups is 1. The van der Waals surface area contributed by atoms with Gasteiger partial charge in [-0.25, -0.2) is 0 Å². The largest absolute Gasteiger partial charge is 0.457 e. The van der Waals surface area contributed by atoms with Crippen LogP contribution in [0.15, 0.2) is 48.6 Å². The van der Waals surface area contributed by atoms with Crippen molar-refractivity contribution < 1.29 is 19.0 Å². The van der Waals surface area contributed by atoms with Gasteiger partial charge in [-0.15, -0.1) is 0 Å². The maximum absolute atomic E-state index is 11.5. The van der Waals surface area contributed by atoms with Crippen LogP contribution in [0, 0.1) is 5.92 Å². The normalized spacial score (nSPS) is 14.4. The lowest BCUT2D eigenvalue weighted by molar-refractivity contribution is -0.147. The van der Waals surface area contributed by atoms with Gasteiger partial charge < -0.3 is 14.2 Å². The van der Waals surface area contributed by atoms with E-state index in [9.17, 15) is 4.79 Å². The molecule has 0 saturated carbocycles. The average Bonchev–Trinajstić information content (AvgIpc) is 2.78. The summed E-state index contributed by atoms with van der Waals surface area (Å²) in [5, 5.41) is 0. The van der Waals surface area contributed by atoms with Crippen LogP contribution < -0.4 is 0 Å². The van der Waals surface area contributed by atoms with E-state index >= 15 is 0 Å². The summed E-state index contributed by atoms with van der Waals surface area (Å²) < 4.78 is 15.9. The second-order valence-electron chi connectivity index (χ2n) is 4.46. The van der Waals surface area contributed by atoms with Crippen LogP contribution in [0.3, 0.4) is 0 Å². The van der Waals surface area contributed by atoms with Gasteiger partial charge in [-0.1, -0.05) is 44.2 Å². The molecule has 1 heterocycles. The zero-order valence-electron chi connectivity index (χ0n) is 11.0. The van der Waals surface area contributed by atoms with Gasteiger partial charge in [-0.2, -0.15) is 0 Å². The second-order valence-corrected chi connectivity index (χ2v) is 4.46. The molecule has 1 aromatic rings. The summed E-state index contributed by atoms with van der Waals surface area (Å²) in [6.07, 6.45) is 0. The molecule has 0 aromatic heterocycles. The zero-order chi connectivity index (χ0) is 13.8. The van der Waals surface area contributed by atoms with Crippen molar-refractivity contribution >= 4 is 11.7 Å². The van der Waals surface area contributed by atoms with Gasteiger partial charge in [0, 0.05) is 5.56 Å². The third kappa shape index (κ3) is 3.16. The standard InChI is InChI=1S/C15H16O4/c1-10(2)15(16)17-9-13-14(19-11(3)18-13)12-7-5-4-6-8-12/h4-8,10H,3,9H2,1-2H3. The Morgan fingerprint density at radius 1 is 1.26 bits per heavy atom. The molecule has 0 saturated heterocycles. The lowest BCUT2D eigenvalue weighted by Gasteiger charge is -2.07. The Morgan fingerprint density at radius 2 is 1.95 bits per heavy atom. The van der Waals surface area contributed by atoms with Crippen LogP contribution in [0.1, 0.15) is 19.4 Å². The number of esters is 1. The molecule has 0 N–H and O–H groups in total. The molecule has 4 heteroatoms. The first-order chi connectivity index (χ1) is 9.08. The van der Waals surface area contributed by atoms with E-state index in [-0.39, 0.29) is 24.4 Å². The van der Waals surface area contributed by atoms with Gasteiger partial charge in [-0.3, -0.25) is 4.79 Å². The highest BCUT2D eigenvalue weighted by Crippen LogP contribution is 2.31. The molecule has 0 spiro atoms. The highest BCUT2D eigenvalue weighted by atomic mass is 16.7.